The summed E-state index contributed by atoms with van der Waals surface area (Å²) in [6, 6.07) is 8.17. The molecule has 1 heterocycles. The molecule has 0 aromatic heterocycles. The van der Waals surface area contributed by atoms with Gasteiger partial charge in [0.1, 0.15) is 0 Å². The van der Waals surface area contributed by atoms with E-state index in [1.807, 2.05) is 49.0 Å². The number of rotatable bonds is 2. The average molecular weight is 244 g/mol. The van der Waals surface area contributed by atoms with Crippen LogP contribution in [0.4, 0.5) is 5.69 Å². The topological polar surface area (TPSA) is 23.6 Å². The lowest BCUT2D eigenvalue weighted by atomic mass is 10.1. The second kappa shape index (κ2) is 5.36. The number of allylic oxidation sites excluding steroid dienone is 2. The minimum Gasteiger partial charge on any atom is -0.301 e. The molecule has 0 N–H and O–H groups in total. The number of carbonyl (C=O) groups is 1. The zero-order valence-corrected chi connectivity index (χ0v) is 11.3. The molecule has 3 heteroatoms. The molecule has 1 aliphatic rings. The number of para-hydroxylation sites is 1. The molecule has 0 bridgehead atoms. The van der Waals surface area contributed by atoms with Crippen LogP contribution in [-0.2, 0) is 11.2 Å². The average Bonchev–Trinajstić information content (AvgIpc) is 2.46. The molecule has 1 aromatic rings. The summed E-state index contributed by atoms with van der Waals surface area (Å²) in [4.78, 5) is 16.1. The van der Waals surface area contributed by atoms with E-state index in [0.29, 0.717) is 6.54 Å². The fraction of sp³-hybridized carbons (Fsp3) is 0.400. The summed E-state index contributed by atoms with van der Waals surface area (Å²) >= 11 is 0. The summed E-state index contributed by atoms with van der Waals surface area (Å²) in [7, 11) is 3.83. The molecule has 0 atom stereocenters. The summed E-state index contributed by atoms with van der Waals surface area (Å²) in [6.07, 6.45) is 4.14. The van der Waals surface area contributed by atoms with Crippen LogP contribution in [0.5, 0.6) is 0 Å². The lowest BCUT2D eigenvalue weighted by Gasteiger charge is -2.25. The number of hydrogen-bond donors (Lipinski definition) is 0. The van der Waals surface area contributed by atoms with E-state index in [2.05, 4.69) is 12.1 Å². The predicted octanol–water partition coefficient (Wildman–Crippen LogP) is 2.43. The highest BCUT2D eigenvalue weighted by atomic mass is 16.2. The first kappa shape index (κ1) is 12.8. The zero-order valence-electron chi connectivity index (χ0n) is 11.3. The van der Waals surface area contributed by atoms with Crippen LogP contribution in [-0.4, -0.2) is 31.4 Å². The van der Waals surface area contributed by atoms with Gasteiger partial charge < -0.3 is 4.90 Å². The van der Waals surface area contributed by atoms with Crippen LogP contribution in [0.3, 0.4) is 0 Å². The third-order valence-corrected chi connectivity index (χ3v) is 3.14. The van der Waals surface area contributed by atoms with E-state index in [1.54, 1.807) is 0 Å². The van der Waals surface area contributed by atoms with Crippen LogP contribution in [0.1, 0.15) is 18.9 Å². The van der Waals surface area contributed by atoms with E-state index >= 15 is 0 Å². The maximum Gasteiger partial charge on any atom is 0.245 e. The van der Waals surface area contributed by atoms with E-state index in [4.69, 9.17) is 0 Å². The Kier molecular flexibility index (Phi) is 3.82. The lowest BCUT2D eigenvalue weighted by molar-refractivity contribution is -0.118. The summed E-state index contributed by atoms with van der Waals surface area (Å²) in [6.45, 7) is 2.44. The number of likely N-dealkylation sites (N-methyl/N-ethyl adjacent to an activating group) is 1. The lowest BCUT2D eigenvalue weighted by Crippen LogP contribution is -2.36. The zero-order chi connectivity index (χ0) is 13.1. The van der Waals surface area contributed by atoms with Crippen LogP contribution in [0, 0.1) is 0 Å². The van der Waals surface area contributed by atoms with Crippen molar-refractivity contribution < 1.29 is 4.79 Å². The molecule has 0 radical (unpaired) electrons. The first-order valence-electron chi connectivity index (χ1n) is 6.32. The van der Waals surface area contributed by atoms with E-state index in [9.17, 15) is 4.79 Å². The molecule has 1 aliphatic heterocycles. The molecule has 3 nitrogen and oxygen atoms in total. The Morgan fingerprint density at radius 1 is 1.33 bits per heavy atom. The molecule has 1 amide bonds. The van der Waals surface area contributed by atoms with Gasteiger partial charge >= 0.3 is 0 Å². The SMILES string of the molecule is CC1=CCCc2ccccc2N1C(=O)CN(C)C. The molecule has 96 valence electrons. The van der Waals surface area contributed by atoms with Crippen molar-refractivity contribution in [1.29, 1.82) is 0 Å². The van der Waals surface area contributed by atoms with E-state index < -0.39 is 0 Å². The van der Waals surface area contributed by atoms with E-state index in [0.717, 1.165) is 24.2 Å². The first-order chi connectivity index (χ1) is 8.59. The van der Waals surface area contributed by atoms with Crippen LogP contribution in [0.15, 0.2) is 36.0 Å². The molecular weight excluding hydrogens is 224 g/mol. The number of benzene rings is 1. The minimum atomic E-state index is 0.128. The summed E-state index contributed by atoms with van der Waals surface area (Å²) in [5.41, 5.74) is 3.32. The van der Waals surface area contributed by atoms with Gasteiger partial charge in [0.25, 0.3) is 0 Å². The van der Waals surface area contributed by atoms with Gasteiger partial charge in [-0.25, -0.2) is 0 Å². The first-order valence-corrected chi connectivity index (χ1v) is 6.32. The molecule has 0 saturated heterocycles. The van der Waals surface area contributed by atoms with Crippen molar-refractivity contribution in [2.45, 2.75) is 19.8 Å². The number of hydrogen-bond acceptors (Lipinski definition) is 2. The molecule has 0 fully saturated rings. The Hall–Kier alpha value is -1.61. The normalized spacial score (nSPS) is 15.1. The third kappa shape index (κ3) is 2.62. The van der Waals surface area contributed by atoms with Crippen LogP contribution in [0.25, 0.3) is 0 Å². The molecular formula is C15H20N2O. The molecule has 0 aliphatic carbocycles. The van der Waals surface area contributed by atoms with Crippen LogP contribution in [0.2, 0.25) is 0 Å². The number of carbonyl (C=O) groups excluding carboxylic acids is 1. The summed E-state index contributed by atoms with van der Waals surface area (Å²) < 4.78 is 0. The van der Waals surface area contributed by atoms with Crippen molar-refractivity contribution in [3.63, 3.8) is 0 Å². The Bertz CT molecular complexity index is 477. The van der Waals surface area contributed by atoms with Gasteiger partial charge in [0, 0.05) is 5.70 Å². The Morgan fingerprint density at radius 2 is 2.06 bits per heavy atom. The summed E-state index contributed by atoms with van der Waals surface area (Å²) in [5.74, 6) is 0.128. The minimum absolute atomic E-state index is 0.128. The molecule has 18 heavy (non-hydrogen) atoms. The van der Waals surface area contributed by atoms with Gasteiger partial charge in [-0.1, -0.05) is 24.3 Å². The Balaban J connectivity index is 2.39. The van der Waals surface area contributed by atoms with Crippen molar-refractivity contribution in [3.05, 3.63) is 41.6 Å². The van der Waals surface area contributed by atoms with Crippen LogP contribution < -0.4 is 4.90 Å². The van der Waals surface area contributed by atoms with Crippen molar-refractivity contribution in [1.82, 2.24) is 4.90 Å². The number of anilines is 1. The number of nitrogens with zero attached hydrogens (tertiary/aromatic N) is 2. The highest BCUT2D eigenvalue weighted by Crippen LogP contribution is 2.28. The quantitative estimate of drug-likeness (QED) is 0.797. The van der Waals surface area contributed by atoms with Gasteiger partial charge in [-0.3, -0.25) is 9.69 Å². The van der Waals surface area contributed by atoms with Gasteiger partial charge in [0.2, 0.25) is 5.91 Å². The van der Waals surface area contributed by atoms with Crippen LogP contribution >= 0.6 is 0 Å². The van der Waals surface area contributed by atoms with Gasteiger partial charge in [-0.05, 0) is 45.5 Å². The van der Waals surface area contributed by atoms with Crippen molar-refractivity contribution in [3.8, 4) is 0 Å². The smallest absolute Gasteiger partial charge is 0.245 e. The molecule has 2 rings (SSSR count). The van der Waals surface area contributed by atoms with E-state index in [1.165, 1.54) is 5.56 Å². The van der Waals surface area contributed by atoms with Gasteiger partial charge in [0.05, 0.1) is 12.2 Å². The third-order valence-electron chi connectivity index (χ3n) is 3.14. The number of fused-ring (bicyclic) bond motifs is 1. The second-order valence-electron chi connectivity index (χ2n) is 4.98. The predicted molar refractivity (Wildman–Crippen MR) is 74.6 cm³/mol. The van der Waals surface area contributed by atoms with Gasteiger partial charge in [-0.2, -0.15) is 0 Å². The maximum atomic E-state index is 12.4. The Labute approximate surface area is 109 Å². The van der Waals surface area contributed by atoms with Gasteiger partial charge in [-0.15, -0.1) is 0 Å². The molecule has 0 unspecified atom stereocenters. The second-order valence-corrected chi connectivity index (χ2v) is 4.98. The monoisotopic (exact) mass is 244 g/mol. The standard InChI is InChI=1S/C15H20N2O/c1-12-7-6-9-13-8-4-5-10-14(13)17(12)15(18)11-16(2)3/h4-5,7-8,10H,6,9,11H2,1-3H3. The van der Waals surface area contributed by atoms with Crippen molar-refractivity contribution in [2.75, 3.05) is 25.5 Å². The Morgan fingerprint density at radius 3 is 2.78 bits per heavy atom. The summed E-state index contributed by atoms with van der Waals surface area (Å²) in [5, 5.41) is 0. The van der Waals surface area contributed by atoms with Gasteiger partial charge in [0.15, 0.2) is 0 Å². The van der Waals surface area contributed by atoms with Crippen molar-refractivity contribution in [2.24, 2.45) is 0 Å². The molecule has 1 aromatic carbocycles. The van der Waals surface area contributed by atoms with Crippen molar-refractivity contribution >= 4 is 11.6 Å². The fourth-order valence-electron chi connectivity index (χ4n) is 2.33. The highest BCUT2D eigenvalue weighted by Gasteiger charge is 2.22. The highest BCUT2D eigenvalue weighted by molar-refractivity contribution is 5.98. The molecule has 0 spiro atoms. The fourth-order valence-corrected chi connectivity index (χ4v) is 2.33. The van der Waals surface area contributed by atoms with E-state index in [-0.39, 0.29) is 5.91 Å². The molecule has 0 saturated carbocycles. The largest absolute Gasteiger partial charge is 0.301 e. The number of aryl methyl sites for hydroxylation is 1. The number of amides is 1. The maximum absolute atomic E-state index is 12.4.